The number of hydrogen-bond acceptors (Lipinski definition) is 8. The third-order valence-electron chi connectivity index (χ3n) is 6.44. The molecule has 0 radical (unpaired) electrons. The van der Waals surface area contributed by atoms with Gasteiger partial charge in [0.1, 0.15) is 12.2 Å². The van der Waals surface area contributed by atoms with Crippen molar-refractivity contribution < 1.29 is 78.7 Å². The molecule has 0 amide bonds. The zero-order chi connectivity index (χ0) is 34.4. The van der Waals surface area contributed by atoms with Crippen LogP contribution >= 0.6 is 0 Å². The van der Waals surface area contributed by atoms with Crippen LogP contribution in [0.1, 0.15) is 32.1 Å². The van der Waals surface area contributed by atoms with Gasteiger partial charge in [-0.15, -0.1) is 0 Å². The highest BCUT2D eigenvalue weighted by atomic mass is 19.4. The lowest BCUT2D eigenvalue weighted by atomic mass is 10.1. The quantitative estimate of drug-likeness (QED) is 0.388. The van der Waals surface area contributed by atoms with Crippen molar-refractivity contribution >= 4 is 17.9 Å². The van der Waals surface area contributed by atoms with Crippen LogP contribution in [-0.4, -0.2) is 124 Å². The van der Waals surface area contributed by atoms with Crippen molar-refractivity contribution in [1.82, 2.24) is 14.8 Å². The lowest BCUT2D eigenvalue weighted by Gasteiger charge is -2.40. The van der Waals surface area contributed by atoms with Gasteiger partial charge in [0.25, 0.3) is 0 Å². The van der Waals surface area contributed by atoms with Gasteiger partial charge in [-0.2, -0.15) is 39.5 Å². The van der Waals surface area contributed by atoms with Crippen LogP contribution in [0.5, 0.6) is 5.88 Å². The molecular formula is C25H32F9N3O8. The summed E-state index contributed by atoms with van der Waals surface area (Å²) in [6, 6.07) is 6.34. The molecule has 1 saturated carbocycles. The second-order valence-corrected chi connectivity index (χ2v) is 9.65. The molecule has 3 aliphatic rings. The number of aliphatic carboxylic acids is 3. The van der Waals surface area contributed by atoms with Gasteiger partial charge in [-0.25, -0.2) is 19.4 Å². The predicted molar refractivity (Wildman–Crippen MR) is 134 cm³/mol. The number of piperidine rings is 1. The molecule has 3 N–H and O–H groups in total. The monoisotopic (exact) mass is 673 g/mol. The maximum Gasteiger partial charge on any atom is 0.490 e. The molecule has 0 spiro atoms. The number of likely N-dealkylation sites (tertiary alicyclic amines) is 1. The number of carboxylic acid groups (broad SMARTS) is 3. The van der Waals surface area contributed by atoms with E-state index in [9.17, 15) is 39.5 Å². The summed E-state index contributed by atoms with van der Waals surface area (Å²) in [6.45, 7) is 6.82. The maximum absolute atomic E-state index is 10.6. The van der Waals surface area contributed by atoms with Crippen LogP contribution in [0.2, 0.25) is 0 Å². The van der Waals surface area contributed by atoms with E-state index < -0.39 is 36.4 Å². The molecule has 3 fully saturated rings. The molecule has 258 valence electrons. The number of halogens is 9. The van der Waals surface area contributed by atoms with Crippen LogP contribution in [-0.2, 0) is 19.1 Å². The Morgan fingerprint density at radius 2 is 1.31 bits per heavy atom. The highest BCUT2D eigenvalue weighted by Crippen LogP contribution is 2.32. The average Bonchev–Trinajstić information content (AvgIpc) is 3.36. The number of morpholine rings is 1. The molecule has 3 heterocycles. The molecule has 0 bridgehead atoms. The number of pyridine rings is 1. The molecular weight excluding hydrogens is 641 g/mol. The third kappa shape index (κ3) is 15.4. The maximum atomic E-state index is 10.6. The summed E-state index contributed by atoms with van der Waals surface area (Å²) in [5.74, 6) is -7.55. The van der Waals surface area contributed by atoms with Gasteiger partial charge in [-0.05, 0) is 44.8 Å². The fourth-order valence-corrected chi connectivity index (χ4v) is 4.42. The minimum absolute atomic E-state index is 0.141. The van der Waals surface area contributed by atoms with E-state index in [4.69, 9.17) is 39.2 Å². The van der Waals surface area contributed by atoms with Crippen LogP contribution in [0.3, 0.4) is 0 Å². The molecule has 1 aromatic heterocycles. The number of rotatable bonds is 5. The van der Waals surface area contributed by atoms with Crippen molar-refractivity contribution in [1.29, 1.82) is 0 Å². The standard InChI is InChI=1S/C19H29N3O2.3C2HF3O2/c1-4-10-21(11-5-1)12-13-22-14-15-23-19-16(22)7-8-17(19)24-18-6-2-3-9-20-18;3*3-2(4,5)1(6)7/h2-3,6,9,16-17,19H,1,4-5,7-8,10-15H2;3*(H,6,7)/t16-,17-,19+;;;/m0.../s1. The van der Waals surface area contributed by atoms with Crippen molar-refractivity contribution in [3.63, 3.8) is 0 Å². The molecule has 2 aliphatic heterocycles. The highest BCUT2D eigenvalue weighted by molar-refractivity contribution is 5.73. The van der Waals surface area contributed by atoms with Gasteiger partial charge in [0.15, 0.2) is 0 Å². The summed E-state index contributed by atoms with van der Waals surface area (Å²) < 4.78 is 107. The zero-order valence-corrected chi connectivity index (χ0v) is 23.4. The molecule has 0 aromatic carbocycles. The second kappa shape index (κ2) is 17.9. The molecule has 2 saturated heterocycles. The Labute approximate surface area is 250 Å². The third-order valence-corrected chi connectivity index (χ3v) is 6.44. The zero-order valence-electron chi connectivity index (χ0n) is 23.4. The Morgan fingerprint density at radius 3 is 1.76 bits per heavy atom. The van der Waals surface area contributed by atoms with E-state index in [0.29, 0.717) is 6.04 Å². The van der Waals surface area contributed by atoms with Gasteiger partial charge in [-0.1, -0.05) is 12.5 Å². The minimum atomic E-state index is -5.08. The van der Waals surface area contributed by atoms with Crippen LogP contribution in [0.15, 0.2) is 24.4 Å². The molecule has 11 nitrogen and oxygen atoms in total. The smallest absolute Gasteiger partial charge is 0.475 e. The summed E-state index contributed by atoms with van der Waals surface area (Å²) in [7, 11) is 0. The van der Waals surface area contributed by atoms with Crippen LogP contribution in [0.25, 0.3) is 0 Å². The molecule has 20 heteroatoms. The van der Waals surface area contributed by atoms with Gasteiger partial charge in [0.2, 0.25) is 5.88 Å². The Morgan fingerprint density at radius 1 is 0.800 bits per heavy atom. The number of fused-ring (bicyclic) bond motifs is 1. The van der Waals surface area contributed by atoms with Crippen LogP contribution in [0, 0.1) is 0 Å². The number of nitrogens with zero attached hydrogens (tertiary/aromatic N) is 3. The Kier molecular flexibility index (Phi) is 15.8. The van der Waals surface area contributed by atoms with Crippen molar-refractivity contribution in [3.05, 3.63) is 24.4 Å². The Balaban J connectivity index is 0.000000396. The van der Waals surface area contributed by atoms with Crippen LogP contribution < -0.4 is 4.74 Å². The molecule has 1 aromatic rings. The van der Waals surface area contributed by atoms with Gasteiger partial charge < -0.3 is 29.7 Å². The molecule has 3 atom stereocenters. The first-order valence-electron chi connectivity index (χ1n) is 13.3. The van der Waals surface area contributed by atoms with E-state index in [1.165, 1.54) is 51.9 Å². The van der Waals surface area contributed by atoms with Crippen LogP contribution in [0.4, 0.5) is 39.5 Å². The van der Waals surface area contributed by atoms with Gasteiger partial charge in [0.05, 0.1) is 6.61 Å². The normalized spacial score (nSPS) is 22.2. The average molecular weight is 674 g/mol. The van der Waals surface area contributed by atoms with E-state index in [1.807, 2.05) is 18.2 Å². The number of carboxylic acids is 3. The Bertz CT molecular complexity index is 996. The van der Waals surface area contributed by atoms with Gasteiger partial charge in [0, 0.05) is 37.9 Å². The lowest BCUT2D eigenvalue weighted by Crippen LogP contribution is -2.54. The van der Waals surface area contributed by atoms with E-state index in [0.717, 1.165) is 25.5 Å². The van der Waals surface area contributed by atoms with Gasteiger partial charge in [-0.3, -0.25) is 4.90 Å². The largest absolute Gasteiger partial charge is 0.490 e. The number of hydrogen-bond donors (Lipinski definition) is 3. The fraction of sp³-hybridized carbons (Fsp3) is 0.680. The minimum Gasteiger partial charge on any atom is -0.475 e. The number of alkyl halides is 9. The number of carbonyl (C=O) groups is 3. The SMILES string of the molecule is O=C(O)C(F)(F)F.O=C(O)C(F)(F)F.O=C(O)C(F)(F)F.c1ccc(O[C@H]2CC[C@H]3[C@H]2OCCN3CCN2CCCCC2)nc1. The summed E-state index contributed by atoms with van der Waals surface area (Å²) >= 11 is 0. The number of aromatic nitrogens is 1. The van der Waals surface area contributed by atoms with E-state index >= 15 is 0 Å². The van der Waals surface area contributed by atoms with Crippen molar-refractivity contribution in [2.24, 2.45) is 0 Å². The van der Waals surface area contributed by atoms with E-state index in [2.05, 4.69) is 14.8 Å². The first-order chi connectivity index (χ1) is 20.7. The van der Waals surface area contributed by atoms with Crippen molar-refractivity contribution in [2.75, 3.05) is 39.3 Å². The summed E-state index contributed by atoms with van der Waals surface area (Å²) in [5.41, 5.74) is 0. The van der Waals surface area contributed by atoms with E-state index in [-0.39, 0.29) is 12.2 Å². The van der Waals surface area contributed by atoms with Crippen molar-refractivity contribution in [3.8, 4) is 5.88 Å². The van der Waals surface area contributed by atoms with Gasteiger partial charge >= 0.3 is 36.4 Å². The first-order valence-corrected chi connectivity index (χ1v) is 13.3. The first kappa shape index (κ1) is 39.6. The highest BCUT2D eigenvalue weighted by Gasteiger charge is 2.44. The van der Waals surface area contributed by atoms with Crippen molar-refractivity contribution in [2.45, 2.75) is 68.9 Å². The van der Waals surface area contributed by atoms with E-state index in [1.54, 1.807) is 6.20 Å². The Hall–Kier alpha value is -3.39. The second-order valence-electron chi connectivity index (χ2n) is 9.65. The lowest BCUT2D eigenvalue weighted by molar-refractivity contribution is -0.193. The predicted octanol–water partition coefficient (Wildman–Crippen LogP) is 4.08. The fourth-order valence-electron chi connectivity index (χ4n) is 4.42. The molecule has 45 heavy (non-hydrogen) atoms. The summed E-state index contributed by atoms with van der Waals surface area (Å²) in [6.07, 6.45) is -6.75. The molecule has 0 unspecified atom stereocenters. The molecule has 1 aliphatic carbocycles. The summed E-state index contributed by atoms with van der Waals surface area (Å²) in [4.78, 5) is 36.3. The summed E-state index contributed by atoms with van der Waals surface area (Å²) in [5, 5.41) is 21.4. The topological polar surface area (TPSA) is 150 Å². The molecule has 4 rings (SSSR count). The number of ether oxygens (including phenoxy) is 2.